The molecule has 0 bridgehead atoms. The van der Waals surface area contributed by atoms with Gasteiger partial charge in [0.25, 0.3) is 0 Å². The number of halogens is 3. The van der Waals surface area contributed by atoms with Gasteiger partial charge in [0.05, 0.1) is 30.4 Å². The number of hydrogen-bond donors (Lipinski definition) is 2. The summed E-state index contributed by atoms with van der Waals surface area (Å²) in [5.74, 6) is 0.549. The number of carbonyl (C=O) groups is 1. The molecule has 186 valence electrons. The zero-order valence-electron chi connectivity index (χ0n) is 19.5. The normalized spacial score (nSPS) is 18.4. The first kappa shape index (κ1) is 24.6. The lowest BCUT2D eigenvalue weighted by Gasteiger charge is -2.21. The lowest BCUT2D eigenvalue weighted by molar-refractivity contribution is -0.143. The SMILES string of the molecule is CCOc1nn(-c2ccccc2)c(NC(=O)NC2CN(CC(F)(F)F)CC2c2ccccc2)c1C. The minimum Gasteiger partial charge on any atom is -0.477 e. The van der Waals surface area contributed by atoms with Crippen LogP contribution in [-0.2, 0) is 0 Å². The fourth-order valence-electron chi connectivity index (χ4n) is 4.42. The Morgan fingerprint density at radius 3 is 2.37 bits per heavy atom. The number of carbonyl (C=O) groups excluding carboxylic acids is 1. The van der Waals surface area contributed by atoms with E-state index >= 15 is 0 Å². The Kier molecular flexibility index (Phi) is 7.30. The number of aromatic nitrogens is 2. The second-order valence-corrected chi connectivity index (χ2v) is 8.49. The van der Waals surface area contributed by atoms with Crippen LogP contribution in [0.4, 0.5) is 23.8 Å². The monoisotopic (exact) mass is 487 g/mol. The van der Waals surface area contributed by atoms with Crippen molar-refractivity contribution >= 4 is 11.8 Å². The maximum Gasteiger partial charge on any atom is 0.401 e. The van der Waals surface area contributed by atoms with Gasteiger partial charge in [-0.3, -0.25) is 10.2 Å². The van der Waals surface area contributed by atoms with E-state index in [-0.39, 0.29) is 19.0 Å². The Bertz CT molecular complexity index is 1140. The quantitative estimate of drug-likeness (QED) is 0.506. The van der Waals surface area contributed by atoms with Gasteiger partial charge in [-0.25, -0.2) is 9.48 Å². The van der Waals surface area contributed by atoms with Crippen molar-refractivity contribution in [3.8, 4) is 11.6 Å². The molecule has 0 radical (unpaired) electrons. The summed E-state index contributed by atoms with van der Waals surface area (Å²) >= 11 is 0. The largest absolute Gasteiger partial charge is 0.477 e. The van der Waals surface area contributed by atoms with Crippen molar-refractivity contribution in [2.24, 2.45) is 0 Å². The van der Waals surface area contributed by atoms with Gasteiger partial charge in [0, 0.05) is 19.0 Å². The Morgan fingerprint density at radius 2 is 1.74 bits per heavy atom. The Labute approximate surface area is 201 Å². The van der Waals surface area contributed by atoms with Gasteiger partial charge < -0.3 is 10.1 Å². The van der Waals surface area contributed by atoms with Crippen molar-refractivity contribution in [2.75, 3.05) is 31.6 Å². The number of nitrogens with zero attached hydrogens (tertiary/aromatic N) is 3. The summed E-state index contributed by atoms with van der Waals surface area (Å²) < 4.78 is 46.4. The molecule has 1 aromatic heterocycles. The first-order chi connectivity index (χ1) is 16.7. The summed E-state index contributed by atoms with van der Waals surface area (Å²) in [5, 5.41) is 10.2. The van der Waals surface area contributed by atoms with Crippen LogP contribution >= 0.6 is 0 Å². The van der Waals surface area contributed by atoms with Crippen LogP contribution in [0.1, 0.15) is 24.0 Å². The van der Waals surface area contributed by atoms with Crippen LogP contribution in [0.25, 0.3) is 5.69 Å². The molecule has 1 fully saturated rings. The molecule has 1 saturated heterocycles. The highest BCUT2D eigenvalue weighted by Gasteiger charge is 2.40. The summed E-state index contributed by atoms with van der Waals surface area (Å²) in [6.45, 7) is 3.32. The van der Waals surface area contributed by atoms with Gasteiger partial charge in [-0.15, -0.1) is 5.10 Å². The Hall–Kier alpha value is -3.53. The summed E-state index contributed by atoms with van der Waals surface area (Å²) in [5.41, 5.74) is 2.26. The van der Waals surface area contributed by atoms with Gasteiger partial charge in [0.15, 0.2) is 0 Å². The standard InChI is InChI=1S/C25H28F3N5O2/c1-3-35-23-17(2)22(33(31-23)19-12-8-5-9-13-19)30-24(34)29-21-15-32(16-25(26,27)28)14-20(21)18-10-6-4-7-11-18/h4-13,20-21H,3,14-16H2,1-2H3,(H2,29,30,34). The molecule has 0 saturated carbocycles. The Balaban J connectivity index is 1.56. The average molecular weight is 488 g/mol. The molecule has 4 rings (SSSR count). The van der Waals surface area contributed by atoms with Crippen LogP contribution in [0.2, 0.25) is 0 Å². The van der Waals surface area contributed by atoms with Gasteiger partial charge in [-0.05, 0) is 31.5 Å². The molecule has 0 spiro atoms. The smallest absolute Gasteiger partial charge is 0.401 e. The molecule has 2 N–H and O–H groups in total. The number of nitrogens with one attached hydrogen (secondary N) is 2. The number of anilines is 1. The average Bonchev–Trinajstić information content (AvgIpc) is 3.35. The maximum atomic E-state index is 13.1. The molecular formula is C25H28F3N5O2. The second-order valence-electron chi connectivity index (χ2n) is 8.49. The predicted molar refractivity (Wildman–Crippen MR) is 127 cm³/mol. The molecule has 0 aliphatic carbocycles. The summed E-state index contributed by atoms with van der Waals surface area (Å²) in [6.07, 6.45) is -4.31. The van der Waals surface area contributed by atoms with Crippen molar-refractivity contribution in [2.45, 2.75) is 32.0 Å². The van der Waals surface area contributed by atoms with Crippen molar-refractivity contribution in [1.29, 1.82) is 0 Å². The second kappa shape index (κ2) is 10.4. The molecule has 2 amide bonds. The number of hydrogen-bond acceptors (Lipinski definition) is 4. The number of urea groups is 1. The molecule has 2 aromatic carbocycles. The van der Waals surface area contributed by atoms with Gasteiger partial charge in [-0.2, -0.15) is 13.2 Å². The summed E-state index contributed by atoms with van der Waals surface area (Å²) in [6, 6.07) is 17.5. The van der Waals surface area contributed by atoms with Crippen molar-refractivity contribution in [3.05, 3.63) is 71.8 Å². The third kappa shape index (κ3) is 5.94. The van der Waals surface area contributed by atoms with Gasteiger partial charge in [-0.1, -0.05) is 48.5 Å². The minimum absolute atomic E-state index is 0.0909. The molecular weight excluding hydrogens is 459 g/mol. The van der Waals surface area contributed by atoms with E-state index < -0.39 is 24.8 Å². The topological polar surface area (TPSA) is 71.4 Å². The molecule has 10 heteroatoms. The number of para-hydroxylation sites is 1. The van der Waals surface area contributed by atoms with E-state index in [9.17, 15) is 18.0 Å². The fourth-order valence-corrected chi connectivity index (χ4v) is 4.42. The van der Waals surface area contributed by atoms with Crippen LogP contribution in [0, 0.1) is 6.92 Å². The number of benzene rings is 2. The highest BCUT2D eigenvalue weighted by molar-refractivity contribution is 5.90. The van der Waals surface area contributed by atoms with Crippen LogP contribution in [0.3, 0.4) is 0 Å². The maximum absolute atomic E-state index is 13.1. The fraction of sp³-hybridized carbons (Fsp3) is 0.360. The number of amides is 2. The van der Waals surface area contributed by atoms with E-state index in [4.69, 9.17) is 4.74 Å². The number of ether oxygens (including phenoxy) is 1. The first-order valence-corrected chi connectivity index (χ1v) is 11.4. The van der Waals surface area contributed by atoms with E-state index in [1.165, 1.54) is 4.90 Å². The van der Waals surface area contributed by atoms with Gasteiger partial charge in [0.1, 0.15) is 5.82 Å². The van der Waals surface area contributed by atoms with Crippen LogP contribution < -0.4 is 15.4 Å². The Morgan fingerprint density at radius 1 is 1.09 bits per heavy atom. The predicted octanol–water partition coefficient (Wildman–Crippen LogP) is 4.73. The van der Waals surface area contributed by atoms with Crippen molar-refractivity contribution < 1.29 is 22.7 Å². The molecule has 1 aliphatic heterocycles. The van der Waals surface area contributed by atoms with Crippen molar-refractivity contribution in [1.82, 2.24) is 20.0 Å². The molecule has 35 heavy (non-hydrogen) atoms. The zero-order chi connectivity index (χ0) is 25.0. The van der Waals surface area contributed by atoms with Crippen molar-refractivity contribution in [3.63, 3.8) is 0 Å². The van der Waals surface area contributed by atoms with E-state index in [0.717, 1.165) is 11.3 Å². The molecule has 7 nitrogen and oxygen atoms in total. The van der Waals surface area contributed by atoms with Crippen LogP contribution in [0.15, 0.2) is 60.7 Å². The van der Waals surface area contributed by atoms with Gasteiger partial charge in [0.2, 0.25) is 5.88 Å². The minimum atomic E-state index is -4.31. The third-order valence-corrected chi connectivity index (χ3v) is 5.93. The lowest BCUT2D eigenvalue weighted by Crippen LogP contribution is -2.43. The molecule has 3 aromatic rings. The van der Waals surface area contributed by atoms with Gasteiger partial charge >= 0.3 is 12.2 Å². The zero-order valence-corrected chi connectivity index (χ0v) is 19.5. The van der Waals surface area contributed by atoms with Crippen LogP contribution in [-0.4, -0.2) is 59.2 Å². The highest BCUT2D eigenvalue weighted by atomic mass is 19.4. The molecule has 2 heterocycles. The van der Waals surface area contributed by atoms with E-state index in [0.29, 0.717) is 23.9 Å². The summed E-state index contributed by atoms with van der Waals surface area (Å²) in [4.78, 5) is 14.4. The van der Waals surface area contributed by atoms with E-state index in [2.05, 4.69) is 15.7 Å². The lowest BCUT2D eigenvalue weighted by atomic mass is 9.94. The highest BCUT2D eigenvalue weighted by Crippen LogP contribution is 2.31. The molecule has 2 unspecified atom stereocenters. The third-order valence-electron chi connectivity index (χ3n) is 5.93. The first-order valence-electron chi connectivity index (χ1n) is 11.4. The van der Waals surface area contributed by atoms with E-state index in [1.807, 2.05) is 67.6 Å². The molecule has 1 aliphatic rings. The molecule has 2 atom stereocenters. The number of rotatable bonds is 7. The van der Waals surface area contributed by atoms with E-state index in [1.54, 1.807) is 11.6 Å². The number of alkyl halides is 3. The summed E-state index contributed by atoms with van der Waals surface area (Å²) in [7, 11) is 0. The van der Waals surface area contributed by atoms with Crippen LogP contribution in [0.5, 0.6) is 5.88 Å². The number of likely N-dealkylation sites (tertiary alicyclic amines) is 1.